The van der Waals surface area contributed by atoms with E-state index in [2.05, 4.69) is 0 Å². The highest BCUT2D eigenvalue weighted by molar-refractivity contribution is 5.75. The van der Waals surface area contributed by atoms with Crippen molar-refractivity contribution in [3.05, 3.63) is 0 Å². The minimum atomic E-state index is -0.354. The van der Waals surface area contributed by atoms with Gasteiger partial charge < -0.3 is 16.2 Å². The maximum Gasteiger partial charge on any atom is 0.219 e. The van der Waals surface area contributed by atoms with Crippen LogP contribution in [0.2, 0.25) is 0 Å². The Morgan fingerprint density at radius 2 is 2.42 bits per heavy atom. The summed E-state index contributed by atoms with van der Waals surface area (Å²) >= 11 is 0. The SMILES string of the molecule is NC(=O)CC1(N)C[C@@H]2OCC[C@@H]21. The number of rotatable bonds is 2. The second kappa shape index (κ2) is 2.44. The van der Waals surface area contributed by atoms with Gasteiger partial charge in [0.15, 0.2) is 0 Å². The monoisotopic (exact) mass is 170 g/mol. The molecule has 1 saturated carbocycles. The van der Waals surface area contributed by atoms with Crippen LogP contribution in [0.5, 0.6) is 0 Å². The number of nitrogens with two attached hydrogens (primary N) is 2. The Morgan fingerprint density at radius 3 is 3.00 bits per heavy atom. The van der Waals surface area contributed by atoms with E-state index in [0.717, 1.165) is 19.4 Å². The number of hydrogen-bond donors (Lipinski definition) is 2. The third kappa shape index (κ3) is 1.03. The van der Waals surface area contributed by atoms with Crippen molar-refractivity contribution in [1.82, 2.24) is 0 Å². The first-order valence-corrected chi connectivity index (χ1v) is 4.31. The smallest absolute Gasteiger partial charge is 0.219 e. The van der Waals surface area contributed by atoms with E-state index >= 15 is 0 Å². The molecule has 0 spiro atoms. The first kappa shape index (κ1) is 8.01. The van der Waals surface area contributed by atoms with Crippen molar-refractivity contribution >= 4 is 5.91 Å². The third-order valence-electron chi connectivity index (χ3n) is 3.03. The number of ether oxygens (including phenoxy) is 1. The predicted molar refractivity (Wildman–Crippen MR) is 43.2 cm³/mol. The van der Waals surface area contributed by atoms with Gasteiger partial charge in [0.25, 0.3) is 0 Å². The molecule has 3 atom stereocenters. The van der Waals surface area contributed by atoms with E-state index < -0.39 is 0 Å². The van der Waals surface area contributed by atoms with Crippen LogP contribution in [0.15, 0.2) is 0 Å². The van der Waals surface area contributed by atoms with Crippen LogP contribution in [-0.4, -0.2) is 24.2 Å². The molecule has 4 heteroatoms. The summed E-state index contributed by atoms with van der Waals surface area (Å²) in [6, 6.07) is 0. The van der Waals surface area contributed by atoms with E-state index in [1.807, 2.05) is 0 Å². The Bertz CT molecular complexity index is 219. The Labute approximate surface area is 71.2 Å². The van der Waals surface area contributed by atoms with E-state index in [-0.39, 0.29) is 11.4 Å². The number of amides is 1. The molecule has 0 aromatic rings. The molecule has 1 amide bonds. The van der Waals surface area contributed by atoms with E-state index in [0.29, 0.717) is 18.4 Å². The normalized spacial score (nSPS) is 45.1. The lowest BCUT2D eigenvalue weighted by Crippen LogP contribution is -2.62. The number of carbonyl (C=O) groups excluding carboxylic acids is 1. The molecule has 12 heavy (non-hydrogen) atoms. The number of primary amides is 1. The van der Waals surface area contributed by atoms with Crippen LogP contribution in [0.4, 0.5) is 0 Å². The fourth-order valence-electron chi connectivity index (χ4n) is 2.40. The lowest BCUT2D eigenvalue weighted by molar-refractivity contribution is -0.122. The number of carbonyl (C=O) groups is 1. The van der Waals surface area contributed by atoms with Crippen molar-refractivity contribution in [2.24, 2.45) is 17.4 Å². The highest BCUT2D eigenvalue weighted by Crippen LogP contribution is 2.46. The summed E-state index contributed by atoms with van der Waals surface area (Å²) in [6.45, 7) is 0.785. The van der Waals surface area contributed by atoms with Crippen LogP contribution in [0, 0.1) is 5.92 Å². The molecule has 0 aromatic heterocycles. The van der Waals surface area contributed by atoms with E-state index in [9.17, 15) is 4.79 Å². The molecular weight excluding hydrogens is 156 g/mol. The zero-order chi connectivity index (χ0) is 8.77. The number of hydrogen-bond acceptors (Lipinski definition) is 3. The highest BCUT2D eigenvalue weighted by atomic mass is 16.5. The van der Waals surface area contributed by atoms with Gasteiger partial charge in [-0.2, -0.15) is 0 Å². The fraction of sp³-hybridized carbons (Fsp3) is 0.875. The molecule has 1 heterocycles. The summed E-state index contributed by atoms with van der Waals surface area (Å²) < 4.78 is 5.40. The van der Waals surface area contributed by atoms with Gasteiger partial charge in [-0.05, 0) is 12.8 Å². The molecule has 1 unspecified atom stereocenters. The van der Waals surface area contributed by atoms with Gasteiger partial charge >= 0.3 is 0 Å². The maximum absolute atomic E-state index is 10.7. The fourth-order valence-corrected chi connectivity index (χ4v) is 2.40. The summed E-state index contributed by atoms with van der Waals surface area (Å²) in [5.41, 5.74) is 10.8. The largest absolute Gasteiger partial charge is 0.378 e. The van der Waals surface area contributed by atoms with E-state index in [1.54, 1.807) is 0 Å². The van der Waals surface area contributed by atoms with Gasteiger partial charge in [-0.25, -0.2) is 0 Å². The lowest BCUT2D eigenvalue weighted by atomic mass is 9.63. The summed E-state index contributed by atoms with van der Waals surface area (Å²) in [7, 11) is 0. The Hall–Kier alpha value is -0.610. The van der Waals surface area contributed by atoms with Crippen LogP contribution in [-0.2, 0) is 9.53 Å². The van der Waals surface area contributed by atoms with Gasteiger partial charge in [-0.3, -0.25) is 4.79 Å². The van der Waals surface area contributed by atoms with E-state index in [4.69, 9.17) is 16.2 Å². The quantitative estimate of drug-likeness (QED) is 0.579. The molecule has 2 rings (SSSR count). The Morgan fingerprint density at radius 1 is 1.67 bits per heavy atom. The molecule has 1 aliphatic carbocycles. The van der Waals surface area contributed by atoms with Crippen LogP contribution in [0.25, 0.3) is 0 Å². The summed E-state index contributed by atoms with van der Waals surface area (Å²) in [4.78, 5) is 10.7. The van der Waals surface area contributed by atoms with Crippen molar-refractivity contribution < 1.29 is 9.53 Å². The van der Waals surface area contributed by atoms with Gasteiger partial charge in [0.05, 0.1) is 6.10 Å². The highest BCUT2D eigenvalue weighted by Gasteiger charge is 2.54. The lowest BCUT2D eigenvalue weighted by Gasteiger charge is -2.48. The van der Waals surface area contributed by atoms with Gasteiger partial charge in [-0.15, -0.1) is 0 Å². The second-order valence-electron chi connectivity index (χ2n) is 3.88. The molecule has 1 saturated heterocycles. The van der Waals surface area contributed by atoms with Gasteiger partial charge in [-0.1, -0.05) is 0 Å². The first-order chi connectivity index (χ1) is 5.62. The van der Waals surface area contributed by atoms with Crippen molar-refractivity contribution in [3.8, 4) is 0 Å². The van der Waals surface area contributed by atoms with Gasteiger partial charge in [0, 0.05) is 24.5 Å². The average molecular weight is 170 g/mol. The molecule has 4 nitrogen and oxygen atoms in total. The zero-order valence-electron chi connectivity index (χ0n) is 6.95. The molecule has 68 valence electrons. The summed E-state index contributed by atoms with van der Waals surface area (Å²) in [5, 5.41) is 0. The minimum absolute atomic E-state index is 0.300. The van der Waals surface area contributed by atoms with Crippen molar-refractivity contribution in [2.75, 3.05) is 6.61 Å². The van der Waals surface area contributed by atoms with Crippen molar-refractivity contribution in [3.63, 3.8) is 0 Å². The third-order valence-corrected chi connectivity index (χ3v) is 3.03. The van der Waals surface area contributed by atoms with Gasteiger partial charge in [0.1, 0.15) is 0 Å². The molecule has 1 aliphatic heterocycles. The van der Waals surface area contributed by atoms with Crippen molar-refractivity contribution in [1.29, 1.82) is 0 Å². The molecule has 0 aromatic carbocycles. The van der Waals surface area contributed by atoms with Crippen molar-refractivity contribution in [2.45, 2.75) is 30.9 Å². The molecule has 2 aliphatic rings. The molecular formula is C8H14N2O2. The van der Waals surface area contributed by atoms with Crippen LogP contribution in [0.1, 0.15) is 19.3 Å². The van der Waals surface area contributed by atoms with Crippen LogP contribution >= 0.6 is 0 Å². The molecule has 0 radical (unpaired) electrons. The molecule has 4 N–H and O–H groups in total. The summed E-state index contributed by atoms with van der Waals surface area (Å²) in [6.07, 6.45) is 2.38. The average Bonchev–Trinajstić information content (AvgIpc) is 2.29. The predicted octanol–water partition coefficient (Wildman–Crippen LogP) is -0.632. The first-order valence-electron chi connectivity index (χ1n) is 4.31. The standard InChI is InChI=1S/C8H14N2O2/c9-7(11)4-8(10)3-6-5(8)1-2-12-6/h5-6H,1-4,10H2,(H2,9,11)/t5-,6-,8?/m0/s1. The van der Waals surface area contributed by atoms with Gasteiger partial charge in [0.2, 0.25) is 5.91 Å². The summed E-state index contributed by atoms with van der Waals surface area (Å²) in [5.74, 6) is 0.0628. The second-order valence-corrected chi connectivity index (χ2v) is 3.88. The topological polar surface area (TPSA) is 78.3 Å². The molecule has 2 fully saturated rings. The van der Waals surface area contributed by atoms with Crippen LogP contribution in [0.3, 0.4) is 0 Å². The Kier molecular flexibility index (Phi) is 1.63. The maximum atomic E-state index is 10.7. The molecule has 0 bridgehead atoms. The number of fused-ring (bicyclic) bond motifs is 1. The zero-order valence-corrected chi connectivity index (χ0v) is 6.95. The van der Waals surface area contributed by atoms with Crippen LogP contribution < -0.4 is 11.5 Å². The van der Waals surface area contributed by atoms with E-state index in [1.165, 1.54) is 0 Å². The Balaban J connectivity index is 2.00. The minimum Gasteiger partial charge on any atom is -0.378 e.